The second-order valence-corrected chi connectivity index (χ2v) is 34.9. The maximum atomic E-state index is 2.72. The molecule has 0 amide bonds. The number of aromatic nitrogens is 1. The molecule has 1 nitrogen and oxygen atoms in total. The smallest absolute Gasteiger partial charge is 0.179 e. The molecule has 1 saturated carbocycles. The van der Waals surface area contributed by atoms with Crippen molar-refractivity contribution in [2.24, 2.45) is 0 Å². The minimum Gasteiger partial charge on any atom is -0.337 e. The summed E-state index contributed by atoms with van der Waals surface area (Å²) in [4.78, 5) is 0. The van der Waals surface area contributed by atoms with Gasteiger partial charge >= 0.3 is 0 Å². The largest absolute Gasteiger partial charge is 0.337 e. The molecule has 17 aromatic carbocycles. The summed E-state index contributed by atoms with van der Waals surface area (Å²) in [5, 5.41) is 10.5. The first-order valence-corrected chi connectivity index (χ1v) is 41.9. The van der Waals surface area contributed by atoms with Crippen LogP contribution < -0.4 is 20.7 Å². The SMILES string of the molecule is c1ccc(-c2cccc(-c3cccc(-c4ccc(-c5ccccc5-c5cccc(-c6ccccc6)c5)c5sc6ccc(-c7cccc([Si](c8ccccc8)(c8ccccc8)c8cccc(-c9ccc%10c(c9)c9ccccc9n%10C9CCCC(c%10cccc(-c%11cccc(-c%12ccccc%12)c%11)c%10)C9)c8)c7)cc6c45)c3)c2)cc1. The number of rotatable bonds is 16. The molecule has 2 heterocycles. The van der Waals surface area contributed by atoms with Crippen LogP contribution in [0.4, 0.5) is 0 Å². The highest BCUT2D eigenvalue weighted by Gasteiger charge is 2.42. The quantitative estimate of drug-likeness (QED) is 0.0671. The number of para-hydroxylation sites is 1. The molecule has 2 atom stereocenters. The van der Waals surface area contributed by atoms with Gasteiger partial charge in [-0.1, -0.05) is 370 Å². The van der Waals surface area contributed by atoms with Gasteiger partial charge < -0.3 is 4.57 Å². The molecular formula is C108H79NSSi. The van der Waals surface area contributed by atoms with Crippen molar-refractivity contribution >= 4 is 82.1 Å². The molecule has 1 aliphatic carbocycles. The van der Waals surface area contributed by atoms with Gasteiger partial charge in [-0.3, -0.25) is 0 Å². The van der Waals surface area contributed by atoms with Crippen molar-refractivity contribution < 1.29 is 0 Å². The Kier molecular flexibility index (Phi) is 17.7. The second kappa shape index (κ2) is 29.2. The van der Waals surface area contributed by atoms with Gasteiger partial charge in [0.05, 0.1) is 0 Å². The number of benzene rings is 17. The lowest BCUT2D eigenvalue weighted by molar-refractivity contribution is 0.331. The molecule has 2 unspecified atom stereocenters. The summed E-state index contributed by atoms with van der Waals surface area (Å²) >= 11 is 1.91. The van der Waals surface area contributed by atoms with Crippen LogP contribution in [0.5, 0.6) is 0 Å². The summed E-state index contributed by atoms with van der Waals surface area (Å²) in [6, 6.07) is 158. The van der Waals surface area contributed by atoms with Gasteiger partial charge in [0.2, 0.25) is 0 Å². The maximum Gasteiger partial charge on any atom is 0.179 e. The van der Waals surface area contributed by atoms with E-state index in [0.717, 1.165) is 12.8 Å². The topological polar surface area (TPSA) is 4.93 Å². The molecule has 526 valence electrons. The Balaban J connectivity index is 0.692. The molecule has 0 spiro atoms. The van der Waals surface area contributed by atoms with E-state index < -0.39 is 8.07 Å². The summed E-state index contributed by atoms with van der Waals surface area (Å²) in [5.41, 5.74) is 28.4. The third-order valence-corrected chi connectivity index (χ3v) is 29.6. The second-order valence-electron chi connectivity index (χ2n) is 30.1. The highest BCUT2D eigenvalue weighted by atomic mass is 32.1. The fourth-order valence-electron chi connectivity index (χ4n) is 18.4. The van der Waals surface area contributed by atoms with Crippen LogP contribution in [0.3, 0.4) is 0 Å². The molecule has 2 aromatic heterocycles. The fourth-order valence-corrected chi connectivity index (χ4v) is 24.4. The molecule has 0 radical (unpaired) electrons. The molecule has 1 fully saturated rings. The number of nitrogens with zero attached hydrogens (tertiary/aromatic N) is 1. The molecule has 111 heavy (non-hydrogen) atoms. The Bertz CT molecular complexity index is 6610. The van der Waals surface area contributed by atoms with Crippen LogP contribution in [-0.2, 0) is 0 Å². The zero-order valence-electron chi connectivity index (χ0n) is 61.7. The zero-order valence-corrected chi connectivity index (χ0v) is 63.5. The first-order chi connectivity index (χ1) is 55.0. The van der Waals surface area contributed by atoms with Crippen molar-refractivity contribution in [3.8, 4) is 111 Å². The van der Waals surface area contributed by atoms with Gasteiger partial charge in [-0.05, 0) is 212 Å². The Morgan fingerprint density at radius 1 is 0.243 bits per heavy atom. The third-order valence-electron chi connectivity index (χ3n) is 23.6. The Morgan fingerprint density at radius 2 is 0.631 bits per heavy atom. The van der Waals surface area contributed by atoms with Gasteiger partial charge in [0.1, 0.15) is 0 Å². The third kappa shape index (κ3) is 12.6. The average molecular weight is 1450 g/mol. The van der Waals surface area contributed by atoms with Gasteiger partial charge in [0.15, 0.2) is 8.07 Å². The van der Waals surface area contributed by atoms with Gasteiger partial charge in [0.25, 0.3) is 0 Å². The minimum atomic E-state index is -3.12. The van der Waals surface area contributed by atoms with Gasteiger partial charge in [-0.25, -0.2) is 0 Å². The molecular weight excluding hydrogens is 1370 g/mol. The molecule has 0 N–H and O–H groups in total. The van der Waals surface area contributed by atoms with Crippen molar-refractivity contribution in [3.05, 3.63) is 424 Å². The summed E-state index contributed by atoms with van der Waals surface area (Å²) in [7, 11) is -3.12. The fraction of sp³-hybridized carbons (Fsp3) is 0.0556. The lowest BCUT2D eigenvalue weighted by Crippen LogP contribution is -2.74. The van der Waals surface area contributed by atoms with E-state index in [1.165, 1.54) is 192 Å². The van der Waals surface area contributed by atoms with Gasteiger partial charge in [-0.15, -0.1) is 11.3 Å². The normalized spacial score (nSPS) is 13.8. The molecule has 3 heteroatoms. The van der Waals surface area contributed by atoms with Crippen LogP contribution in [0.25, 0.3) is 153 Å². The first-order valence-electron chi connectivity index (χ1n) is 39.1. The lowest BCUT2D eigenvalue weighted by Gasteiger charge is -2.35. The van der Waals surface area contributed by atoms with Crippen LogP contribution in [0.15, 0.2) is 419 Å². The molecule has 20 rings (SSSR count). The maximum absolute atomic E-state index is 3.12. The number of hydrogen-bond acceptors (Lipinski definition) is 1. The van der Waals surface area contributed by atoms with E-state index in [-0.39, 0.29) is 0 Å². The molecule has 0 saturated heterocycles. The first kappa shape index (κ1) is 67.3. The number of hydrogen-bond donors (Lipinski definition) is 0. The zero-order chi connectivity index (χ0) is 73.6. The van der Waals surface area contributed by atoms with Crippen molar-refractivity contribution in [1.29, 1.82) is 0 Å². The van der Waals surface area contributed by atoms with Crippen LogP contribution >= 0.6 is 11.3 Å². The van der Waals surface area contributed by atoms with E-state index in [1.54, 1.807) is 0 Å². The standard InChI is InChI=1S/C108H79NSSi/c1-6-28-74(29-7-1)77-34-20-37-80(64-77)82-39-22-40-83(66-82)85-42-25-47-92(69-85)109-104-57-19-18-56-100(104)102-72-88(58-62-105(102)109)86-43-26-52-95(70-86)111(93-48-12-4-13-49-93,94-50-14-5-15-51-94)96-53-27-44-87(71-96)89-59-63-106-103(73-89)107-98(91-46-24-41-84(68-91)81-38-21-35-78(65-81)75-30-8-2-9-31-75)60-61-101(108(107)110-106)99-55-17-16-54-97(99)90-45-23-36-79(67-90)76-32-10-3-11-33-76/h1-24,26-41,43-46,48-68,70-73,85,92H,25,42,47,69H2. The summed E-state index contributed by atoms with van der Waals surface area (Å²) in [6.07, 6.45) is 4.64. The number of thiophene rings is 1. The summed E-state index contributed by atoms with van der Waals surface area (Å²) in [6.45, 7) is 0. The molecule has 19 aromatic rings. The molecule has 0 bridgehead atoms. The van der Waals surface area contributed by atoms with Gasteiger partial charge in [-0.2, -0.15) is 0 Å². The van der Waals surface area contributed by atoms with Crippen LogP contribution in [0.1, 0.15) is 43.2 Å². The van der Waals surface area contributed by atoms with Crippen molar-refractivity contribution in [2.45, 2.75) is 37.6 Å². The van der Waals surface area contributed by atoms with E-state index >= 15 is 0 Å². The molecule has 0 aliphatic heterocycles. The summed E-state index contributed by atoms with van der Waals surface area (Å²) < 4.78 is 5.25. The van der Waals surface area contributed by atoms with E-state index in [1.807, 2.05) is 11.3 Å². The van der Waals surface area contributed by atoms with Crippen LogP contribution in [0, 0.1) is 0 Å². The monoisotopic (exact) mass is 1450 g/mol. The van der Waals surface area contributed by atoms with E-state index in [0.29, 0.717) is 12.0 Å². The molecule has 1 aliphatic rings. The van der Waals surface area contributed by atoms with Crippen LogP contribution in [0.2, 0.25) is 0 Å². The lowest BCUT2D eigenvalue weighted by atomic mass is 9.80. The Labute approximate surface area is 655 Å². The van der Waals surface area contributed by atoms with Crippen molar-refractivity contribution in [3.63, 3.8) is 0 Å². The highest BCUT2D eigenvalue weighted by molar-refractivity contribution is 7.26. The number of fused-ring (bicyclic) bond motifs is 6. The predicted octanol–water partition coefficient (Wildman–Crippen LogP) is 27.1. The minimum absolute atomic E-state index is 0.364. The van der Waals surface area contributed by atoms with E-state index in [9.17, 15) is 0 Å². The van der Waals surface area contributed by atoms with E-state index in [2.05, 4.69) is 423 Å². The Morgan fingerprint density at radius 3 is 1.20 bits per heavy atom. The highest BCUT2D eigenvalue weighted by Crippen LogP contribution is 2.50. The summed E-state index contributed by atoms with van der Waals surface area (Å²) in [5.74, 6) is 0.459. The average Bonchev–Trinajstić information content (AvgIpc) is 1.60. The predicted molar refractivity (Wildman–Crippen MR) is 477 cm³/mol. The van der Waals surface area contributed by atoms with Crippen molar-refractivity contribution in [1.82, 2.24) is 4.57 Å². The van der Waals surface area contributed by atoms with Crippen molar-refractivity contribution in [2.75, 3.05) is 0 Å². The van der Waals surface area contributed by atoms with E-state index in [4.69, 9.17) is 0 Å². The Hall–Kier alpha value is -13.0. The van der Waals surface area contributed by atoms with Crippen LogP contribution in [-0.4, -0.2) is 12.6 Å². The van der Waals surface area contributed by atoms with Gasteiger partial charge in [0, 0.05) is 53.6 Å².